The molecule has 5 rings (SSSR count). The van der Waals surface area contributed by atoms with Gasteiger partial charge in [0.25, 0.3) is 5.91 Å². The minimum atomic E-state index is -0.818. The highest BCUT2D eigenvalue weighted by atomic mass is 32.2. The van der Waals surface area contributed by atoms with Gasteiger partial charge in [0.2, 0.25) is 11.8 Å². The Balaban J connectivity index is 1.27. The molecule has 1 atom stereocenters. The van der Waals surface area contributed by atoms with Gasteiger partial charge in [-0.2, -0.15) is 0 Å². The van der Waals surface area contributed by atoms with Crippen molar-refractivity contribution in [1.82, 2.24) is 15.5 Å². The second-order valence-corrected chi connectivity index (χ2v) is 10.8. The molecule has 2 aromatic rings. The van der Waals surface area contributed by atoms with Crippen LogP contribution in [-0.2, 0) is 20.9 Å². The highest BCUT2D eigenvalue weighted by Crippen LogP contribution is 2.34. The fourth-order valence-electron chi connectivity index (χ4n) is 4.52. The first kappa shape index (κ1) is 23.7. The summed E-state index contributed by atoms with van der Waals surface area (Å²) in [6.45, 7) is 0.430. The first-order chi connectivity index (χ1) is 17.1. The molecule has 0 bridgehead atoms. The minimum absolute atomic E-state index is 0.0352. The van der Waals surface area contributed by atoms with Crippen LogP contribution in [0.3, 0.4) is 0 Å². The smallest absolute Gasteiger partial charge is 0.259 e. The van der Waals surface area contributed by atoms with E-state index in [1.54, 1.807) is 11.3 Å². The number of hydrogen-bond donors (Lipinski definition) is 2. The molecule has 3 amide bonds. The molecule has 2 aliphatic heterocycles. The van der Waals surface area contributed by atoms with Crippen LogP contribution >= 0.6 is 23.1 Å². The predicted molar refractivity (Wildman–Crippen MR) is 139 cm³/mol. The molecule has 0 spiro atoms. The van der Waals surface area contributed by atoms with Crippen molar-refractivity contribution in [1.29, 1.82) is 0 Å². The third-order valence-electron chi connectivity index (χ3n) is 6.27. The summed E-state index contributed by atoms with van der Waals surface area (Å²) in [7, 11) is 0. The molecule has 2 N–H and O–H groups in total. The van der Waals surface area contributed by atoms with Gasteiger partial charge in [-0.15, -0.1) is 11.3 Å². The number of thiophene rings is 1. The maximum atomic E-state index is 13.3. The van der Waals surface area contributed by atoms with Gasteiger partial charge in [-0.3, -0.25) is 19.4 Å². The van der Waals surface area contributed by atoms with Crippen molar-refractivity contribution >= 4 is 57.5 Å². The molecular weight excluding hydrogens is 482 g/mol. The van der Waals surface area contributed by atoms with Gasteiger partial charge in [0.1, 0.15) is 11.9 Å². The van der Waals surface area contributed by atoms with Crippen molar-refractivity contribution < 1.29 is 14.4 Å². The fraction of sp³-hybridized carbons (Fsp3) is 0.400. The fourth-order valence-corrected chi connectivity index (χ4v) is 5.98. The number of nitrogens with one attached hydrogen (secondary N) is 2. The lowest BCUT2D eigenvalue weighted by molar-refractivity contribution is -0.128. The summed E-state index contributed by atoms with van der Waals surface area (Å²) in [6, 6.07) is 10.8. The largest absolute Gasteiger partial charge is 0.353 e. The van der Waals surface area contributed by atoms with Crippen LogP contribution in [0.2, 0.25) is 0 Å². The SMILES string of the molecule is O=C(C[C@@H]1N=C2c3ccccc3N=C(SCC(=O)NC3CCCCC3)N2C1=O)NCc1cccs1. The predicted octanol–water partition coefficient (Wildman–Crippen LogP) is 3.60. The molecule has 35 heavy (non-hydrogen) atoms. The van der Waals surface area contributed by atoms with Crippen LogP contribution < -0.4 is 10.6 Å². The van der Waals surface area contributed by atoms with E-state index >= 15 is 0 Å². The Bertz CT molecular complexity index is 1170. The third-order valence-corrected chi connectivity index (χ3v) is 8.08. The molecule has 1 fully saturated rings. The number of benzene rings is 1. The number of thioether (sulfide) groups is 1. The number of carbonyl (C=O) groups is 3. The molecule has 1 aliphatic carbocycles. The van der Waals surface area contributed by atoms with Crippen LogP contribution in [0.4, 0.5) is 5.69 Å². The molecule has 0 saturated heterocycles. The van der Waals surface area contributed by atoms with Gasteiger partial charge in [-0.05, 0) is 36.4 Å². The van der Waals surface area contributed by atoms with Crippen LogP contribution in [0.1, 0.15) is 49.0 Å². The van der Waals surface area contributed by atoms with Crippen molar-refractivity contribution in [2.24, 2.45) is 9.98 Å². The highest BCUT2D eigenvalue weighted by molar-refractivity contribution is 8.14. The summed E-state index contributed by atoms with van der Waals surface area (Å²) < 4.78 is 0. The molecule has 182 valence electrons. The Hall–Kier alpha value is -2.98. The van der Waals surface area contributed by atoms with E-state index in [1.807, 2.05) is 41.8 Å². The van der Waals surface area contributed by atoms with Crippen molar-refractivity contribution in [3.05, 3.63) is 52.2 Å². The van der Waals surface area contributed by atoms with Gasteiger partial charge in [0, 0.05) is 16.5 Å². The van der Waals surface area contributed by atoms with Gasteiger partial charge in [-0.25, -0.2) is 9.89 Å². The minimum Gasteiger partial charge on any atom is -0.353 e. The van der Waals surface area contributed by atoms with Crippen LogP contribution in [0.25, 0.3) is 0 Å². The van der Waals surface area contributed by atoms with Crippen LogP contribution in [0, 0.1) is 0 Å². The van der Waals surface area contributed by atoms with E-state index in [9.17, 15) is 14.4 Å². The maximum Gasteiger partial charge on any atom is 0.259 e. The zero-order valence-corrected chi connectivity index (χ0v) is 20.9. The number of nitrogens with zero attached hydrogens (tertiary/aromatic N) is 3. The Labute approximate surface area is 212 Å². The van der Waals surface area contributed by atoms with Gasteiger partial charge in [0.05, 0.1) is 24.4 Å². The van der Waals surface area contributed by atoms with E-state index in [0.717, 1.165) is 36.1 Å². The number of para-hydroxylation sites is 1. The number of amidine groups is 2. The number of carbonyl (C=O) groups excluding carboxylic acids is 3. The molecule has 8 nitrogen and oxygen atoms in total. The molecule has 1 aromatic heterocycles. The molecule has 0 unspecified atom stereocenters. The van der Waals surface area contributed by atoms with Crippen molar-refractivity contribution in [2.75, 3.05) is 5.75 Å². The van der Waals surface area contributed by atoms with E-state index in [-0.39, 0.29) is 35.9 Å². The maximum absolute atomic E-state index is 13.3. The lowest BCUT2D eigenvalue weighted by Crippen LogP contribution is -2.43. The highest BCUT2D eigenvalue weighted by Gasteiger charge is 2.42. The van der Waals surface area contributed by atoms with Crippen molar-refractivity contribution in [3.8, 4) is 0 Å². The molecule has 1 aromatic carbocycles. The van der Waals surface area contributed by atoms with Gasteiger partial charge in [0.15, 0.2) is 5.17 Å². The van der Waals surface area contributed by atoms with Crippen molar-refractivity contribution in [2.45, 2.75) is 57.2 Å². The number of amides is 3. The van der Waals surface area contributed by atoms with E-state index in [0.29, 0.717) is 23.2 Å². The summed E-state index contributed by atoms with van der Waals surface area (Å²) in [5.41, 5.74) is 1.45. The van der Waals surface area contributed by atoms with Gasteiger partial charge >= 0.3 is 0 Å². The van der Waals surface area contributed by atoms with Crippen LogP contribution in [0.15, 0.2) is 51.8 Å². The number of rotatable bonds is 7. The number of fused-ring (bicyclic) bond motifs is 3. The molecule has 3 aliphatic rings. The summed E-state index contributed by atoms with van der Waals surface area (Å²) in [4.78, 5) is 50.3. The number of hydrogen-bond acceptors (Lipinski definition) is 7. The zero-order chi connectivity index (χ0) is 24.2. The van der Waals surface area contributed by atoms with E-state index < -0.39 is 6.04 Å². The topological polar surface area (TPSA) is 103 Å². The third kappa shape index (κ3) is 5.48. The molecule has 1 saturated carbocycles. The summed E-state index contributed by atoms with van der Waals surface area (Å²) >= 11 is 2.80. The summed E-state index contributed by atoms with van der Waals surface area (Å²) in [5.74, 6) is 0.0810. The molecular formula is C25H27N5O3S2. The quantitative estimate of drug-likeness (QED) is 0.595. The molecule has 3 heterocycles. The Morgan fingerprint density at radius 2 is 1.91 bits per heavy atom. The lowest BCUT2D eigenvalue weighted by atomic mass is 9.95. The Morgan fingerprint density at radius 3 is 2.71 bits per heavy atom. The van der Waals surface area contributed by atoms with Crippen LogP contribution in [-0.4, -0.2) is 51.5 Å². The Morgan fingerprint density at radius 1 is 1.09 bits per heavy atom. The molecule has 10 heteroatoms. The number of aliphatic imine (C=N–C) groups is 2. The first-order valence-corrected chi connectivity index (χ1v) is 13.8. The monoisotopic (exact) mass is 509 g/mol. The lowest BCUT2D eigenvalue weighted by Gasteiger charge is -2.26. The van der Waals surface area contributed by atoms with E-state index in [2.05, 4.69) is 20.6 Å². The Kier molecular flexibility index (Phi) is 7.29. The van der Waals surface area contributed by atoms with E-state index in [1.165, 1.54) is 23.1 Å². The summed E-state index contributed by atoms with van der Waals surface area (Å²) in [6.07, 6.45) is 5.51. The standard InChI is InChI=1S/C25H27N5O3S2/c31-21(26-14-17-9-6-12-34-17)13-20-24(33)30-23(28-20)18-10-4-5-11-19(18)29-25(30)35-15-22(32)27-16-7-2-1-3-8-16/h4-6,9-12,16,20H,1-3,7-8,13-15H2,(H,26,31)(H,27,32)/t20-/m0/s1. The van der Waals surface area contributed by atoms with E-state index in [4.69, 9.17) is 0 Å². The second kappa shape index (κ2) is 10.7. The van der Waals surface area contributed by atoms with Gasteiger partial charge < -0.3 is 10.6 Å². The van der Waals surface area contributed by atoms with Crippen molar-refractivity contribution in [3.63, 3.8) is 0 Å². The zero-order valence-electron chi connectivity index (χ0n) is 19.2. The van der Waals surface area contributed by atoms with Crippen LogP contribution in [0.5, 0.6) is 0 Å². The second-order valence-electron chi connectivity index (χ2n) is 8.81. The first-order valence-electron chi connectivity index (χ1n) is 11.9. The van der Waals surface area contributed by atoms with Gasteiger partial charge in [-0.1, -0.05) is 49.2 Å². The average molecular weight is 510 g/mol. The average Bonchev–Trinajstić information content (AvgIpc) is 3.50. The molecule has 0 radical (unpaired) electrons. The normalized spacial score (nSPS) is 19.5. The summed E-state index contributed by atoms with van der Waals surface area (Å²) in [5, 5.41) is 8.35.